The zero-order valence-corrected chi connectivity index (χ0v) is 85.8. The second kappa shape index (κ2) is 46.6. The highest BCUT2D eigenvalue weighted by Gasteiger charge is 2.34. The van der Waals surface area contributed by atoms with E-state index in [0.29, 0.717) is 128 Å². The first-order valence-corrected chi connectivity index (χ1v) is 50.6. The van der Waals surface area contributed by atoms with E-state index >= 15 is 9.59 Å². The van der Waals surface area contributed by atoms with Crippen LogP contribution in [0.4, 0.5) is 11.4 Å². The number of rotatable bonds is 39. The van der Waals surface area contributed by atoms with Gasteiger partial charge in [0, 0.05) is 97.8 Å². The van der Waals surface area contributed by atoms with Gasteiger partial charge in [0.2, 0.25) is 11.8 Å². The van der Waals surface area contributed by atoms with Gasteiger partial charge < -0.3 is 48.5 Å². The first-order chi connectivity index (χ1) is 61.7. The van der Waals surface area contributed by atoms with E-state index in [1.54, 1.807) is 0 Å². The molecule has 12 nitrogen and oxygen atoms in total. The molecule has 0 saturated heterocycles. The molecule has 2 aliphatic rings. The molecule has 0 radical (unpaired) electrons. The van der Waals surface area contributed by atoms with Crippen LogP contribution in [0.2, 0.25) is 0 Å². The van der Waals surface area contributed by atoms with Crippen molar-refractivity contribution in [3.05, 3.63) is 219 Å². The van der Waals surface area contributed by atoms with Gasteiger partial charge in [0.15, 0.2) is 0 Å². The summed E-state index contributed by atoms with van der Waals surface area (Å²) in [6, 6.07) is 37.4. The van der Waals surface area contributed by atoms with Crippen molar-refractivity contribution in [2.75, 3.05) is 63.5 Å². The Morgan fingerprint density at radius 3 is 0.446 bits per heavy atom. The van der Waals surface area contributed by atoms with E-state index < -0.39 is 0 Å². The SMILES string of the molecule is CCCCOc1c2cc(NC(=O)CCCCC(=O)Nc3cc4c(OCCCC)c(c3)Cc3cc(C(C)(C)C)cc(c3OCCCC)Cc3cc(C(C)(C)C)cc(c3OCCCC)Cc3cc(C(C)(C)C)cc(c3OCCCC)C4)cc1Cc1cc(C(C)(C)C)cc(c1OCCCC)Cc1cc(C(C)(C)C)cc(c1OCCCC)Cc1cc(C(C)(C)C)cc(c1OCCCC)C2. The molecule has 710 valence electrons. The first-order valence-electron chi connectivity index (χ1n) is 50.6. The molecule has 0 saturated carbocycles. The minimum Gasteiger partial charge on any atom is -0.493 e. The van der Waals surface area contributed by atoms with Gasteiger partial charge in [-0.2, -0.15) is 0 Å². The molecule has 0 fully saturated rings. The predicted molar refractivity (Wildman–Crippen MR) is 545 cm³/mol. The highest BCUT2D eigenvalue weighted by atomic mass is 16.5. The lowest BCUT2D eigenvalue weighted by Crippen LogP contribution is -2.18. The smallest absolute Gasteiger partial charge is 0.224 e. The number of hydrogen-bond donors (Lipinski definition) is 2. The maximum atomic E-state index is 15.2. The molecule has 0 unspecified atom stereocenters. The van der Waals surface area contributed by atoms with Gasteiger partial charge in [-0.05, 0) is 221 Å². The van der Waals surface area contributed by atoms with Crippen molar-refractivity contribution >= 4 is 23.2 Å². The third-order valence-corrected chi connectivity index (χ3v) is 25.8. The molecule has 2 aliphatic carbocycles. The zero-order valence-electron chi connectivity index (χ0n) is 85.8. The molecule has 12 heteroatoms. The van der Waals surface area contributed by atoms with Crippen LogP contribution in [-0.2, 0) is 93.4 Å². The molecule has 16 bridgehead atoms. The van der Waals surface area contributed by atoms with Crippen LogP contribution in [0.5, 0.6) is 46.0 Å². The number of unbranched alkanes of at least 4 members (excludes halogenated alkanes) is 9. The van der Waals surface area contributed by atoms with Crippen molar-refractivity contribution in [3.63, 3.8) is 0 Å². The van der Waals surface area contributed by atoms with Gasteiger partial charge in [-0.15, -0.1) is 0 Å². The fourth-order valence-corrected chi connectivity index (χ4v) is 17.6. The molecular formula is C118H168N2O10. The second-order valence-corrected chi connectivity index (χ2v) is 43.8. The fraction of sp³-hybridized carbons (Fsp3) is 0.576. The topological polar surface area (TPSA) is 132 Å². The van der Waals surface area contributed by atoms with Crippen LogP contribution in [0.3, 0.4) is 0 Å². The molecule has 130 heavy (non-hydrogen) atoms. The Hall–Kier alpha value is -8.90. The number of ether oxygens (including phenoxy) is 8. The minimum absolute atomic E-state index is 0.121. The summed E-state index contributed by atoms with van der Waals surface area (Å²) < 4.78 is 58.0. The lowest BCUT2D eigenvalue weighted by Gasteiger charge is -2.29. The summed E-state index contributed by atoms with van der Waals surface area (Å²) in [5, 5.41) is 6.97. The normalized spacial score (nSPS) is 13.2. The van der Waals surface area contributed by atoms with Gasteiger partial charge in [0.25, 0.3) is 0 Å². The minimum atomic E-state index is -0.222. The Labute approximate surface area is 787 Å². The number of carbonyl (C=O) groups excluding carboxylic acids is 2. The van der Waals surface area contributed by atoms with Crippen LogP contribution >= 0.6 is 0 Å². The van der Waals surface area contributed by atoms with Crippen LogP contribution in [0.1, 0.15) is 431 Å². The number of amides is 2. The van der Waals surface area contributed by atoms with Crippen LogP contribution in [-0.4, -0.2) is 64.7 Å². The molecule has 2 amide bonds. The number of carbonyl (C=O) groups is 2. The largest absolute Gasteiger partial charge is 0.493 e. The van der Waals surface area contributed by atoms with E-state index in [4.69, 9.17) is 37.9 Å². The Morgan fingerprint density at radius 1 is 0.208 bits per heavy atom. The summed E-state index contributed by atoms with van der Waals surface area (Å²) in [6.45, 7) is 63.9. The van der Waals surface area contributed by atoms with Crippen molar-refractivity contribution in [2.24, 2.45) is 0 Å². The molecule has 2 N–H and O–H groups in total. The van der Waals surface area contributed by atoms with Gasteiger partial charge in [-0.1, -0.05) is 304 Å². The summed E-state index contributed by atoms with van der Waals surface area (Å²) >= 11 is 0. The fourth-order valence-electron chi connectivity index (χ4n) is 17.6. The number of anilines is 2. The molecule has 0 aliphatic heterocycles. The third-order valence-electron chi connectivity index (χ3n) is 25.8. The summed E-state index contributed by atoms with van der Waals surface area (Å²) in [5.41, 5.74) is 24.8. The van der Waals surface area contributed by atoms with Crippen molar-refractivity contribution in [1.82, 2.24) is 0 Å². The highest BCUT2D eigenvalue weighted by Crippen LogP contribution is 2.49. The van der Waals surface area contributed by atoms with E-state index in [-0.39, 0.29) is 57.1 Å². The van der Waals surface area contributed by atoms with E-state index in [1.165, 1.54) is 33.4 Å². The summed E-state index contributed by atoms with van der Waals surface area (Å²) in [4.78, 5) is 30.3. The predicted octanol–water partition coefficient (Wildman–Crippen LogP) is 30.4. The standard InChI is InChI=1S/C118H168N2O10/c1-27-35-47-123-105-79-55-83-67-97(115(15,16)17)71-87(107(83)125-49-37-29-3)59-91-75-101(76-92(111(91)129-53-41-33-7)60-88-72-98(116(18,19)20)68-84(108(88)126-50-38-30-4)56-80(105)64-95(63-79)113(9,10)11)119-103(121)45-43-44-46-104(122)120-102-77-93-61-89-73-99(117(21,22)23)69-85(109(89)127-51-39-31-5)57-81-65-96(114(12,13)14)66-82(106(81)124-48-36-28-2)58-86-70-100(118(24,25)26)74-90(110(86)128-52-40-32-6)62-94(78-102)112(93)130-54-42-34-8/h63-78H,27-62H2,1-26H3,(H,119,121)(H,120,122). The van der Waals surface area contributed by atoms with E-state index in [1.807, 2.05) is 0 Å². The molecule has 8 aromatic carbocycles. The summed E-state index contributed by atoms with van der Waals surface area (Å²) in [7, 11) is 0. The van der Waals surface area contributed by atoms with Crippen molar-refractivity contribution in [1.29, 1.82) is 0 Å². The van der Waals surface area contributed by atoms with Crippen molar-refractivity contribution in [3.8, 4) is 46.0 Å². The van der Waals surface area contributed by atoms with Crippen molar-refractivity contribution < 1.29 is 47.5 Å². The molecule has 0 heterocycles. The van der Waals surface area contributed by atoms with Crippen LogP contribution < -0.4 is 48.5 Å². The maximum Gasteiger partial charge on any atom is 0.224 e. The summed E-state index contributed by atoms with van der Waals surface area (Å²) in [5.74, 6) is 6.89. The number of benzene rings is 8. The number of fused-ring (bicyclic) bond motifs is 16. The van der Waals surface area contributed by atoms with Gasteiger partial charge >= 0.3 is 0 Å². The van der Waals surface area contributed by atoms with Crippen LogP contribution in [0, 0.1) is 0 Å². The van der Waals surface area contributed by atoms with Crippen LogP contribution in [0.15, 0.2) is 97.1 Å². The lowest BCUT2D eigenvalue weighted by molar-refractivity contribution is -0.118. The third kappa shape index (κ3) is 28.3. The average molecular weight is 1770 g/mol. The zero-order chi connectivity index (χ0) is 94.5. The second-order valence-electron chi connectivity index (χ2n) is 43.8. The van der Waals surface area contributed by atoms with E-state index in [9.17, 15) is 0 Å². The molecule has 8 aromatic rings. The lowest BCUT2D eigenvalue weighted by atomic mass is 9.80. The summed E-state index contributed by atoms with van der Waals surface area (Å²) in [6.07, 6.45) is 20.8. The molecule has 0 spiro atoms. The van der Waals surface area contributed by atoms with Gasteiger partial charge in [0.1, 0.15) is 46.0 Å². The Morgan fingerprint density at radius 2 is 0.331 bits per heavy atom. The van der Waals surface area contributed by atoms with E-state index in [2.05, 4.69) is 288 Å². The Kier molecular flexibility index (Phi) is 37.0. The molecule has 0 atom stereocenters. The average Bonchev–Trinajstić information content (AvgIpc) is 0.762. The van der Waals surface area contributed by atoms with Gasteiger partial charge in [0.05, 0.1) is 52.9 Å². The van der Waals surface area contributed by atoms with Gasteiger partial charge in [-0.25, -0.2) is 0 Å². The Balaban J connectivity index is 1.08. The molecule has 10 rings (SSSR count). The van der Waals surface area contributed by atoms with Crippen LogP contribution in [0.25, 0.3) is 0 Å². The quantitative estimate of drug-likeness (QED) is 0.0359. The number of nitrogens with one attached hydrogen (secondary N) is 2. The first kappa shape index (κ1) is 103. The van der Waals surface area contributed by atoms with E-state index in [0.717, 1.165) is 238 Å². The molecule has 0 aromatic heterocycles. The van der Waals surface area contributed by atoms with Gasteiger partial charge in [-0.3, -0.25) is 9.59 Å². The molecular weight excluding hydrogens is 1610 g/mol. The Bertz CT molecular complexity index is 4520. The number of hydrogen-bond acceptors (Lipinski definition) is 10. The highest BCUT2D eigenvalue weighted by molar-refractivity contribution is 5.92. The van der Waals surface area contributed by atoms with Crippen molar-refractivity contribution in [2.45, 2.75) is 392 Å². The monoisotopic (exact) mass is 1770 g/mol. The maximum absolute atomic E-state index is 15.2.